The highest BCUT2D eigenvalue weighted by molar-refractivity contribution is 5.87. The number of hydrogen-bond donors (Lipinski definition) is 2. The largest absolute Gasteiger partial charge is 0.870 e. The molecule has 0 spiro atoms. The molecule has 1 aromatic heterocycles. The molecule has 0 saturated carbocycles. The van der Waals surface area contributed by atoms with Crippen molar-refractivity contribution in [3.8, 4) is 11.5 Å². The minimum Gasteiger partial charge on any atom is -0.870 e. The van der Waals surface area contributed by atoms with Gasteiger partial charge in [-0.25, -0.2) is 4.79 Å². The van der Waals surface area contributed by atoms with Crippen molar-refractivity contribution in [2.75, 3.05) is 5.73 Å². The van der Waals surface area contributed by atoms with Gasteiger partial charge in [-0.1, -0.05) is 5.75 Å². The Morgan fingerprint density at radius 2 is 2.14 bits per heavy atom. The number of phenols is 1. The van der Waals surface area contributed by atoms with Gasteiger partial charge in [-0.15, -0.1) is 0 Å². The molecule has 1 heterocycles. The van der Waals surface area contributed by atoms with Gasteiger partial charge in [-0.05, 0) is 12.1 Å². The smallest absolute Gasteiger partial charge is 0.358 e. The molecule has 0 aliphatic rings. The van der Waals surface area contributed by atoms with Crippen LogP contribution in [0.1, 0.15) is 0 Å². The van der Waals surface area contributed by atoms with Gasteiger partial charge in [0.25, 0.3) is 0 Å². The Kier molecular flexibility index (Phi) is 1.60. The van der Waals surface area contributed by atoms with Gasteiger partial charge < -0.3 is 20.4 Å². The summed E-state index contributed by atoms with van der Waals surface area (Å²) in [6, 6.07) is 3.87. The molecule has 0 aliphatic carbocycles. The van der Waals surface area contributed by atoms with E-state index < -0.39 is 17.1 Å². The van der Waals surface area contributed by atoms with Crippen LogP contribution in [-0.4, -0.2) is 5.11 Å². The van der Waals surface area contributed by atoms with E-state index in [1.807, 2.05) is 0 Å². The number of rotatable bonds is 0. The molecule has 2 aromatic rings. The van der Waals surface area contributed by atoms with E-state index in [-0.39, 0.29) is 16.7 Å². The number of phenolic OH excluding ortho intramolecular Hbond substituents is 1. The van der Waals surface area contributed by atoms with Gasteiger partial charge in [0.15, 0.2) is 0 Å². The van der Waals surface area contributed by atoms with E-state index in [0.29, 0.717) is 0 Å². The Morgan fingerprint density at radius 1 is 1.43 bits per heavy atom. The average molecular weight is 192 g/mol. The maximum atomic E-state index is 11.4. The zero-order valence-electron chi connectivity index (χ0n) is 6.98. The summed E-state index contributed by atoms with van der Waals surface area (Å²) in [5.74, 6) is -0.652. The Hall–Kier alpha value is -2.17. The van der Waals surface area contributed by atoms with Crippen LogP contribution in [0.5, 0.6) is 11.5 Å². The molecule has 1 aromatic carbocycles. The number of anilines is 1. The fraction of sp³-hybridized carbons (Fsp3) is 0. The van der Waals surface area contributed by atoms with Crippen molar-refractivity contribution in [3.05, 3.63) is 28.6 Å². The summed E-state index contributed by atoms with van der Waals surface area (Å²) in [6.07, 6.45) is 0. The Labute approximate surface area is 78.0 Å². The van der Waals surface area contributed by atoms with Crippen molar-refractivity contribution < 1.29 is 14.6 Å². The number of nitrogens with two attached hydrogens (primary N) is 1. The van der Waals surface area contributed by atoms with Crippen LogP contribution in [0.4, 0.5) is 5.69 Å². The molecule has 72 valence electrons. The predicted molar refractivity (Wildman–Crippen MR) is 48.0 cm³/mol. The zero-order chi connectivity index (χ0) is 10.3. The van der Waals surface area contributed by atoms with E-state index >= 15 is 0 Å². The van der Waals surface area contributed by atoms with Crippen LogP contribution in [-0.2, 0) is 0 Å². The summed E-state index contributed by atoms with van der Waals surface area (Å²) in [5, 5.41) is 20.7. The maximum Gasteiger partial charge on any atom is 0.358 e. The van der Waals surface area contributed by atoms with E-state index in [0.717, 1.165) is 0 Å². The summed E-state index contributed by atoms with van der Waals surface area (Å²) >= 11 is 0. The quantitative estimate of drug-likeness (QED) is 0.579. The fourth-order valence-electron chi connectivity index (χ4n) is 1.18. The highest BCUT2D eigenvalue weighted by Crippen LogP contribution is 2.27. The first kappa shape index (κ1) is 8.43. The zero-order valence-corrected chi connectivity index (χ0v) is 6.98. The molecule has 2 rings (SSSR count). The molecule has 0 atom stereocenters. The lowest BCUT2D eigenvalue weighted by molar-refractivity contribution is -0.264. The summed E-state index contributed by atoms with van der Waals surface area (Å²) < 4.78 is 4.71. The second-order valence-electron chi connectivity index (χ2n) is 2.81. The van der Waals surface area contributed by atoms with Crippen molar-refractivity contribution in [2.45, 2.75) is 0 Å². The van der Waals surface area contributed by atoms with Crippen molar-refractivity contribution in [1.29, 1.82) is 0 Å². The molecule has 3 N–H and O–H groups in total. The molecule has 0 radical (unpaired) electrons. The summed E-state index contributed by atoms with van der Waals surface area (Å²) in [4.78, 5) is 11.0. The third kappa shape index (κ3) is 1.06. The highest BCUT2D eigenvalue weighted by Gasteiger charge is 2.04. The average Bonchev–Trinajstić information content (AvgIpc) is 2.14. The van der Waals surface area contributed by atoms with Gasteiger partial charge in [0.2, 0.25) is 0 Å². The summed E-state index contributed by atoms with van der Waals surface area (Å²) in [7, 11) is 0. The third-order valence-corrected chi connectivity index (χ3v) is 1.88. The van der Waals surface area contributed by atoms with Gasteiger partial charge in [0.05, 0.1) is 0 Å². The van der Waals surface area contributed by atoms with Crippen LogP contribution in [0.15, 0.2) is 27.4 Å². The number of aromatic hydroxyl groups is 1. The molecule has 0 aliphatic heterocycles. The third-order valence-electron chi connectivity index (χ3n) is 1.88. The first-order chi connectivity index (χ1) is 6.59. The topological polar surface area (TPSA) is 99.5 Å². The van der Waals surface area contributed by atoms with Gasteiger partial charge in [-0.3, -0.25) is 0 Å². The Balaban J connectivity index is 2.98. The summed E-state index contributed by atoms with van der Waals surface area (Å²) in [6.45, 7) is 0. The molecule has 14 heavy (non-hydrogen) atoms. The van der Waals surface area contributed by atoms with Crippen LogP contribution in [0.2, 0.25) is 0 Å². The number of fused-ring (bicyclic) bond motifs is 1. The summed E-state index contributed by atoms with van der Waals surface area (Å²) in [5.41, 5.74) is 3.92. The normalized spacial score (nSPS) is 10.6. The second kappa shape index (κ2) is 2.66. The first-order valence-electron chi connectivity index (χ1n) is 3.82. The van der Waals surface area contributed by atoms with E-state index in [4.69, 9.17) is 15.3 Å². The number of hydrogen-bond acceptors (Lipinski definition) is 5. The van der Waals surface area contributed by atoms with Crippen molar-refractivity contribution in [2.24, 2.45) is 0 Å². The second-order valence-corrected chi connectivity index (χ2v) is 2.81. The van der Waals surface area contributed by atoms with Crippen LogP contribution >= 0.6 is 0 Å². The fourth-order valence-corrected chi connectivity index (χ4v) is 1.18. The monoisotopic (exact) mass is 192 g/mol. The van der Waals surface area contributed by atoms with E-state index in [9.17, 15) is 9.90 Å². The lowest BCUT2D eigenvalue weighted by Crippen LogP contribution is -2.10. The number of benzene rings is 1. The predicted octanol–water partition coefficient (Wildman–Crippen LogP) is 0.154. The highest BCUT2D eigenvalue weighted by atomic mass is 16.4. The Bertz CT molecular complexity index is 558. The molecule has 0 bridgehead atoms. The molecule has 5 nitrogen and oxygen atoms in total. The van der Waals surface area contributed by atoms with Gasteiger partial charge in [0, 0.05) is 11.5 Å². The standard InChI is InChI=1S/C9H7NO4/c10-7-8(12)5-2-1-4(11)3-6(5)14-9(7)13/h1-3,11-12H,10H2/p-1. The molecular weight excluding hydrogens is 186 g/mol. The van der Waals surface area contributed by atoms with Crippen LogP contribution < -0.4 is 16.5 Å². The van der Waals surface area contributed by atoms with E-state index in [1.54, 1.807) is 0 Å². The lowest BCUT2D eigenvalue weighted by atomic mass is 10.2. The van der Waals surface area contributed by atoms with E-state index in [1.165, 1.54) is 18.2 Å². The van der Waals surface area contributed by atoms with Crippen molar-refractivity contribution in [1.82, 2.24) is 0 Å². The van der Waals surface area contributed by atoms with Crippen molar-refractivity contribution in [3.63, 3.8) is 0 Å². The van der Waals surface area contributed by atoms with Crippen LogP contribution in [0.25, 0.3) is 11.0 Å². The molecule has 0 fully saturated rings. The SMILES string of the molecule is Nc1c([O-])c2ccc(O)cc2oc1=O. The van der Waals surface area contributed by atoms with Gasteiger partial charge >= 0.3 is 5.63 Å². The maximum absolute atomic E-state index is 11.4. The molecule has 0 amide bonds. The van der Waals surface area contributed by atoms with Gasteiger partial charge in [-0.2, -0.15) is 0 Å². The minimum atomic E-state index is -0.881. The van der Waals surface area contributed by atoms with Crippen LogP contribution in [0.3, 0.4) is 0 Å². The van der Waals surface area contributed by atoms with E-state index in [2.05, 4.69) is 0 Å². The Morgan fingerprint density at radius 3 is 2.86 bits per heavy atom. The van der Waals surface area contributed by atoms with Crippen LogP contribution in [0, 0.1) is 0 Å². The van der Waals surface area contributed by atoms with Gasteiger partial charge in [0.1, 0.15) is 17.0 Å². The lowest BCUT2D eigenvalue weighted by Gasteiger charge is -2.11. The first-order valence-corrected chi connectivity index (χ1v) is 3.82. The number of nitrogen functional groups attached to an aromatic ring is 1. The molecule has 5 heteroatoms. The molecular formula is C9H6NO4-. The minimum absolute atomic E-state index is 0.0363. The molecule has 0 saturated heterocycles. The van der Waals surface area contributed by atoms with Crippen molar-refractivity contribution >= 4 is 16.7 Å². The molecule has 0 unspecified atom stereocenters.